The highest BCUT2D eigenvalue weighted by molar-refractivity contribution is 7.89. The van der Waals surface area contributed by atoms with Crippen LogP contribution in [0.3, 0.4) is 0 Å². The van der Waals surface area contributed by atoms with Crippen LogP contribution in [0.15, 0.2) is 23.1 Å². The fourth-order valence-corrected chi connectivity index (χ4v) is 5.58. The normalized spacial score (nSPS) is 24.7. The summed E-state index contributed by atoms with van der Waals surface area (Å²) >= 11 is 0. The molecule has 0 amide bonds. The van der Waals surface area contributed by atoms with Crippen molar-refractivity contribution in [1.82, 2.24) is 4.31 Å². The molecule has 21 heavy (non-hydrogen) atoms. The molecule has 0 spiro atoms. The molecule has 1 saturated carbocycles. The van der Waals surface area contributed by atoms with E-state index in [1.807, 2.05) is 6.92 Å². The van der Waals surface area contributed by atoms with Crippen molar-refractivity contribution >= 4 is 15.7 Å². The number of anilines is 1. The molecule has 4 nitrogen and oxygen atoms in total. The molecule has 1 unspecified atom stereocenters. The molecule has 1 atom stereocenters. The number of hydrogen-bond donors (Lipinski definition) is 1. The Morgan fingerprint density at radius 2 is 1.86 bits per heavy atom. The summed E-state index contributed by atoms with van der Waals surface area (Å²) in [4.78, 5) is 0.343. The minimum Gasteiger partial charge on any atom is -0.398 e. The van der Waals surface area contributed by atoms with Crippen LogP contribution in [-0.4, -0.2) is 25.3 Å². The van der Waals surface area contributed by atoms with Gasteiger partial charge in [-0.25, -0.2) is 8.42 Å². The summed E-state index contributed by atoms with van der Waals surface area (Å²) in [5.74, 6) is 0.546. The minimum atomic E-state index is -3.41. The number of benzene rings is 1. The van der Waals surface area contributed by atoms with Gasteiger partial charge in [-0.3, -0.25) is 0 Å². The van der Waals surface area contributed by atoms with E-state index in [2.05, 4.69) is 0 Å². The van der Waals surface area contributed by atoms with Gasteiger partial charge in [0.2, 0.25) is 10.0 Å². The third kappa shape index (κ3) is 2.69. The third-order valence-electron chi connectivity index (χ3n) is 5.05. The zero-order valence-corrected chi connectivity index (χ0v) is 13.4. The highest BCUT2D eigenvalue weighted by Crippen LogP contribution is 2.38. The maximum atomic E-state index is 12.9. The van der Waals surface area contributed by atoms with E-state index in [0.717, 1.165) is 18.4 Å². The number of nitrogens with two attached hydrogens (primary N) is 1. The van der Waals surface area contributed by atoms with E-state index >= 15 is 0 Å². The quantitative estimate of drug-likeness (QED) is 0.873. The molecule has 5 heteroatoms. The molecule has 3 rings (SSSR count). The van der Waals surface area contributed by atoms with Crippen molar-refractivity contribution in [2.75, 3.05) is 12.3 Å². The number of sulfonamides is 1. The lowest BCUT2D eigenvalue weighted by Crippen LogP contribution is -2.39. The second-order valence-corrected chi connectivity index (χ2v) is 8.28. The van der Waals surface area contributed by atoms with Gasteiger partial charge in [0, 0.05) is 18.3 Å². The van der Waals surface area contributed by atoms with Crippen LogP contribution in [0, 0.1) is 12.8 Å². The molecule has 0 radical (unpaired) electrons. The van der Waals surface area contributed by atoms with E-state index < -0.39 is 10.0 Å². The number of nitrogens with zero attached hydrogens (tertiary/aromatic N) is 1. The van der Waals surface area contributed by atoms with Gasteiger partial charge in [0.25, 0.3) is 0 Å². The zero-order valence-electron chi connectivity index (χ0n) is 12.6. The van der Waals surface area contributed by atoms with Crippen molar-refractivity contribution in [3.8, 4) is 0 Å². The zero-order chi connectivity index (χ0) is 15.0. The fraction of sp³-hybridized carbons (Fsp3) is 0.625. The lowest BCUT2D eigenvalue weighted by molar-refractivity contribution is 0.288. The SMILES string of the molecule is Cc1ccc(S(=O)(=O)N2CCCC2C2CCCC2)cc1N. The molecule has 1 aliphatic heterocycles. The van der Waals surface area contributed by atoms with Crippen molar-refractivity contribution in [2.45, 2.75) is 56.4 Å². The first-order valence-electron chi connectivity index (χ1n) is 7.88. The average molecular weight is 308 g/mol. The Hall–Kier alpha value is -1.07. The van der Waals surface area contributed by atoms with Crippen LogP contribution in [0.1, 0.15) is 44.1 Å². The van der Waals surface area contributed by atoms with Gasteiger partial charge in [-0.1, -0.05) is 18.9 Å². The maximum absolute atomic E-state index is 12.9. The first kappa shape index (κ1) is 14.9. The molecule has 1 aromatic rings. The van der Waals surface area contributed by atoms with Crippen LogP contribution in [0.4, 0.5) is 5.69 Å². The Morgan fingerprint density at radius 1 is 1.14 bits per heavy atom. The first-order valence-corrected chi connectivity index (χ1v) is 9.32. The molecule has 2 fully saturated rings. The second kappa shape index (κ2) is 5.61. The van der Waals surface area contributed by atoms with Crippen LogP contribution < -0.4 is 5.73 Å². The van der Waals surface area contributed by atoms with Gasteiger partial charge in [-0.15, -0.1) is 0 Å². The highest BCUT2D eigenvalue weighted by atomic mass is 32.2. The van der Waals surface area contributed by atoms with Crippen LogP contribution in [0.2, 0.25) is 0 Å². The minimum absolute atomic E-state index is 0.194. The van der Waals surface area contributed by atoms with Crippen molar-refractivity contribution < 1.29 is 8.42 Å². The Bertz CT molecular complexity index is 621. The predicted octanol–water partition coefficient (Wildman–Crippen LogP) is 2.92. The Morgan fingerprint density at radius 3 is 2.52 bits per heavy atom. The molecule has 1 heterocycles. The molecule has 116 valence electrons. The summed E-state index contributed by atoms with van der Waals surface area (Å²) in [5.41, 5.74) is 7.36. The Balaban J connectivity index is 1.91. The van der Waals surface area contributed by atoms with E-state index in [4.69, 9.17) is 5.73 Å². The van der Waals surface area contributed by atoms with E-state index in [1.54, 1.807) is 22.5 Å². The number of rotatable bonds is 3. The second-order valence-electron chi connectivity index (χ2n) is 6.39. The molecular weight excluding hydrogens is 284 g/mol. The van der Waals surface area contributed by atoms with Gasteiger partial charge in [0.15, 0.2) is 0 Å². The summed E-state index contributed by atoms with van der Waals surface area (Å²) in [6.45, 7) is 2.54. The largest absolute Gasteiger partial charge is 0.398 e. The van der Waals surface area contributed by atoms with Crippen molar-refractivity contribution in [2.24, 2.45) is 5.92 Å². The summed E-state index contributed by atoms with van der Waals surface area (Å²) in [5, 5.41) is 0. The summed E-state index contributed by atoms with van der Waals surface area (Å²) in [6.07, 6.45) is 6.81. The molecule has 1 aromatic carbocycles. The van der Waals surface area contributed by atoms with Crippen LogP contribution in [-0.2, 0) is 10.0 Å². The van der Waals surface area contributed by atoms with Gasteiger partial charge in [0.05, 0.1) is 4.90 Å². The monoisotopic (exact) mass is 308 g/mol. The lowest BCUT2D eigenvalue weighted by Gasteiger charge is -2.28. The van der Waals surface area contributed by atoms with Crippen LogP contribution >= 0.6 is 0 Å². The van der Waals surface area contributed by atoms with Gasteiger partial charge >= 0.3 is 0 Å². The molecule has 1 aliphatic carbocycles. The van der Waals surface area contributed by atoms with E-state index in [9.17, 15) is 8.42 Å². The number of nitrogen functional groups attached to an aromatic ring is 1. The van der Waals surface area contributed by atoms with Crippen molar-refractivity contribution in [3.63, 3.8) is 0 Å². The summed E-state index contributed by atoms with van der Waals surface area (Å²) in [7, 11) is -3.41. The topological polar surface area (TPSA) is 63.4 Å². The van der Waals surface area contributed by atoms with Gasteiger partial charge in [-0.2, -0.15) is 4.31 Å². The van der Waals surface area contributed by atoms with Gasteiger partial charge < -0.3 is 5.73 Å². The molecular formula is C16H24N2O2S. The predicted molar refractivity (Wildman–Crippen MR) is 84.5 cm³/mol. The Kier molecular flexibility index (Phi) is 3.97. The number of aryl methyl sites for hydroxylation is 1. The maximum Gasteiger partial charge on any atom is 0.243 e. The van der Waals surface area contributed by atoms with Crippen LogP contribution in [0.25, 0.3) is 0 Å². The van der Waals surface area contributed by atoms with E-state index in [1.165, 1.54) is 25.7 Å². The third-order valence-corrected chi connectivity index (χ3v) is 6.97. The molecule has 1 saturated heterocycles. The summed E-state index contributed by atoms with van der Waals surface area (Å²) in [6, 6.07) is 5.28. The standard InChI is InChI=1S/C16H24N2O2S/c1-12-8-9-14(11-15(12)17)21(19,20)18-10-4-7-16(18)13-5-2-3-6-13/h8-9,11,13,16H,2-7,10,17H2,1H3. The van der Waals surface area contributed by atoms with Crippen molar-refractivity contribution in [1.29, 1.82) is 0 Å². The molecule has 0 bridgehead atoms. The fourth-order valence-electron chi connectivity index (χ4n) is 3.79. The van der Waals surface area contributed by atoms with Crippen molar-refractivity contribution in [3.05, 3.63) is 23.8 Å². The van der Waals surface area contributed by atoms with Gasteiger partial charge in [0.1, 0.15) is 0 Å². The molecule has 2 aliphatic rings. The van der Waals surface area contributed by atoms with Gasteiger partial charge in [-0.05, 0) is 56.2 Å². The average Bonchev–Trinajstić information content (AvgIpc) is 3.11. The van der Waals surface area contributed by atoms with E-state index in [-0.39, 0.29) is 6.04 Å². The number of hydrogen-bond acceptors (Lipinski definition) is 3. The van der Waals surface area contributed by atoms with Crippen LogP contribution in [0.5, 0.6) is 0 Å². The lowest BCUT2D eigenvalue weighted by atomic mass is 9.97. The smallest absolute Gasteiger partial charge is 0.243 e. The molecule has 0 aromatic heterocycles. The summed E-state index contributed by atoms with van der Waals surface area (Å²) < 4.78 is 27.6. The first-order chi connectivity index (χ1) is 10.00. The van der Waals surface area contributed by atoms with E-state index in [0.29, 0.717) is 23.0 Å². The molecule has 2 N–H and O–H groups in total. The Labute approximate surface area is 127 Å². The highest BCUT2D eigenvalue weighted by Gasteiger charge is 2.40.